The molecule has 3 unspecified atom stereocenters. The van der Waals surface area contributed by atoms with Crippen LogP contribution in [-0.4, -0.2) is 64.3 Å². The van der Waals surface area contributed by atoms with E-state index in [0.29, 0.717) is 0 Å². The van der Waals surface area contributed by atoms with Gasteiger partial charge in [-0.2, -0.15) is 12.6 Å². The smallest absolute Gasteiger partial charge is 0.326 e. The summed E-state index contributed by atoms with van der Waals surface area (Å²) >= 11 is 4.01. The van der Waals surface area contributed by atoms with Gasteiger partial charge in [-0.25, -0.2) is 4.79 Å². The molecule has 0 fully saturated rings. The van der Waals surface area contributed by atoms with E-state index in [4.69, 9.17) is 10.8 Å². The first-order valence-corrected chi connectivity index (χ1v) is 9.93. The standard InChI is InChI=1S/C19H28N4O6S/c1-10(2)16(19(28)29)23-18(27)14(9-30)22-15(25)8-21-17(26)13(20)7-11-3-5-12(24)6-4-11/h3-6,10,13-14,16,24,30H,7-9,20H2,1-2H3,(H,21,26)(H,22,25)(H,23,27)(H,28,29). The lowest BCUT2D eigenvalue weighted by Crippen LogP contribution is -2.55. The average molecular weight is 441 g/mol. The Bertz CT molecular complexity index is 756. The fourth-order valence-corrected chi connectivity index (χ4v) is 2.74. The molecule has 1 rings (SSSR count). The van der Waals surface area contributed by atoms with E-state index in [0.717, 1.165) is 5.56 Å². The molecule has 166 valence electrons. The first-order valence-electron chi connectivity index (χ1n) is 9.29. The fourth-order valence-electron chi connectivity index (χ4n) is 2.48. The molecular formula is C19H28N4O6S. The number of phenolic OH excluding ortho intramolecular Hbond substituents is 1. The number of carboxylic acids is 1. The highest BCUT2D eigenvalue weighted by atomic mass is 32.1. The normalized spacial score (nSPS) is 13.8. The Morgan fingerprint density at radius 1 is 1.07 bits per heavy atom. The number of carbonyl (C=O) groups is 4. The number of thiol groups is 1. The number of hydrogen-bond acceptors (Lipinski definition) is 7. The summed E-state index contributed by atoms with van der Waals surface area (Å²) in [5.41, 5.74) is 6.56. The number of amides is 3. The monoisotopic (exact) mass is 440 g/mol. The number of benzene rings is 1. The maximum Gasteiger partial charge on any atom is 0.326 e. The Labute approximate surface area is 180 Å². The Hall–Kier alpha value is -2.79. The molecule has 0 aliphatic rings. The lowest BCUT2D eigenvalue weighted by Gasteiger charge is -2.22. The highest BCUT2D eigenvalue weighted by molar-refractivity contribution is 7.80. The molecule has 0 bridgehead atoms. The van der Waals surface area contributed by atoms with Gasteiger partial charge in [0.25, 0.3) is 0 Å². The molecule has 1 aromatic carbocycles. The van der Waals surface area contributed by atoms with E-state index in [9.17, 15) is 24.3 Å². The summed E-state index contributed by atoms with van der Waals surface area (Å²) in [5.74, 6) is -3.39. The van der Waals surface area contributed by atoms with Crippen LogP contribution < -0.4 is 21.7 Å². The van der Waals surface area contributed by atoms with Gasteiger partial charge in [0.05, 0.1) is 12.6 Å². The molecule has 3 atom stereocenters. The van der Waals surface area contributed by atoms with Crippen molar-refractivity contribution >= 4 is 36.3 Å². The molecule has 0 aromatic heterocycles. The van der Waals surface area contributed by atoms with Gasteiger partial charge in [-0.05, 0) is 30.0 Å². The molecule has 0 spiro atoms. The Morgan fingerprint density at radius 2 is 1.67 bits per heavy atom. The molecular weight excluding hydrogens is 412 g/mol. The van der Waals surface area contributed by atoms with Crippen molar-refractivity contribution in [2.75, 3.05) is 12.3 Å². The summed E-state index contributed by atoms with van der Waals surface area (Å²) in [6.45, 7) is 2.88. The summed E-state index contributed by atoms with van der Waals surface area (Å²) < 4.78 is 0. The van der Waals surface area contributed by atoms with Gasteiger partial charge < -0.3 is 31.9 Å². The number of carboxylic acid groups (broad SMARTS) is 1. The third-order valence-electron chi connectivity index (χ3n) is 4.22. The van der Waals surface area contributed by atoms with E-state index in [1.807, 2.05) is 0 Å². The van der Waals surface area contributed by atoms with Crippen LogP contribution in [0.15, 0.2) is 24.3 Å². The summed E-state index contributed by atoms with van der Waals surface area (Å²) in [5, 5.41) is 25.6. The molecule has 0 radical (unpaired) electrons. The third kappa shape index (κ3) is 8.29. The minimum Gasteiger partial charge on any atom is -0.508 e. The summed E-state index contributed by atoms with van der Waals surface area (Å²) in [6, 6.07) is 3.14. The quantitative estimate of drug-likeness (QED) is 0.217. The Kier molecular flexibility index (Phi) is 10.1. The lowest BCUT2D eigenvalue weighted by atomic mass is 10.0. The minimum absolute atomic E-state index is 0.0592. The zero-order valence-electron chi connectivity index (χ0n) is 16.8. The van der Waals surface area contributed by atoms with Crippen molar-refractivity contribution in [1.82, 2.24) is 16.0 Å². The Balaban J connectivity index is 2.52. The number of aromatic hydroxyl groups is 1. The maximum atomic E-state index is 12.2. The topological polar surface area (TPSA) is 171 Å². The van der Waals surface area contributed by atoms with Crippen molar-refractivity contribution in [3.8, 4) is 5.75 Å². The number of carbonyl (C=O) groups excluding carboxylic acids is 3. The van der Waals surface area contributed by atoms with Crippen LogP contribution in [0.25, 0.3) is 0 Å². The van der Waals surface area contributed by atoms with Gasteiger partial charge in [0.2, 0.25) is 17.7 Å². The molecule has 0 heterocycles. The molecule has 11 heteroatoms. The van der Waals surface area contributed by atoms with Gasteiger partial charge in [-0.15, -0.1) is 0 Å². The summed E-state index contributed by atoms with van der Waals surface area (Å²) in [4.78, 5) is 47.6. The van der Waals surface area contributed by atoms with Crippen LogP contribution in [0.3, 0.4) is 0 Å². The molecule has 0 saturated heterocycles. The van der Waals surface area contributed by atoms with Crippen LogP contribution in [0.5, 0.6) is 5.75 Å². The first kappa shape index (κ1) is 25.2. The van der Waals surface area contributed by atoms with Crippen molar-refractivity contribution in [1.29, 1.82) is 0 Å². The van der Waals surface area contributed by atoms with Crippen LogP contribution in [0, 0.1) is 5.92 Å². The van der Waals surface area contributed by atoms with Gasteiger partial charge in [0.1, 0.15) is 17.8 Å². The van der Waals surface area contributed by atoms with Crippen molar-refractivity contribution < 1.29 is 29.4 Å². The second-order valence-electron chi connectivity index (χ2n) is 7.07. The van der Waals surface area contributed by atoms with Gasteiger partial charge in [0.15, 0.2) is 0 Å². The SMILES string of the molecule is CC(C)C(NC(=O)C(CS)NC(=O)CNC(=O)C(N)Cc1ccc(O)cc1)C(=O)O. The van der Waals surface area contributed by atoms with Crippen molar-refractivity contribution in [3.05, 3.63) is 29.8 Å². The zero-order valence-corrected chi connectivity index (χ0v) is 17.7. The predicted octanol–water partition coefficient (Wildman–Crippen LogP) is -0.982. The average Bonchev–Trinajstić information content (AvgIpc) is 2.69. The van der Waals surface area contributed by atoms with Crippen molar-refractivity contribution in [2.45, 2.75) is 38.4 Å². The van der Waals surface area contributed by atoms with Crippen LogP contribution in [-0.2, 0) is 25.6 Å². The summed E-state index contributed by atoms with van der Waals surface area (Å²) in [6.07, 6.45) is 0.210. The largest absolute Gasteiger partial charge is 0.508 e. The molecule has 3 amide bonds. The lowest BCUT2D eigenvalue weighted by molar-refractivity contribution is -0.143. The van der Waals surface area contributed by atoms with Crippen LogP contribution in [0.1, 0.15) is 19.4 Å². The van der Waals surface area contributed by atoms with Gasteiger partial charge in [0, 0.05) is 5.75 Å². The number of phenols is 1. The van der Waals surface area contributed by atoms with Crippen LogP contribution >= 0.6 is 12.6 Å². The fraction of sp³-hybridized carbons (Fsp3) is 0.474. The van der Waals surface area contributed by atoms with Crippen LogP contribution in [0.4, 0.5) is 0 Å². The van der Waals surface area contributed by atoms with E-state index < -0.39 is 48.4 Å². The number of hydrogen-bond donors (Lipinski definition) is 7. The molecule has 30 heavy (non-hydrogen) atoms. The second-order valence-corrected chi connectivity index (χ2v) is 7.43. The number of nitrogens with one attached hydrogen (secondary N) is 3. The van der Waals surface area contributed by atoms with Crippen LogP contribution in [0.2, 0.25) is 0 Å². The van der Waals surface area contributed by atoms with Gasteiger partial charge in [-0.1, -0.05) is 26.0 Å². The van der Waals surface area contributed by atoms with Gasteiger partial charge >= 0.3 is 5.97 Å². The summed E-state index contributed by atoms with van der Waals surface area (Å²) in [7, 11) is 0. The molecule has 0 aliphatic heterocycles. The van der Waals surface area contributed by atoms with E-state index in [-0.39, 0.29) is 23.8 Å². The van der Waals surface area contributed by atoms with E-state index >= 15 is 0 Å². The highest BCUT2D eigenvalue weighted by Gasteiger charge is 2.28. The van der Waals surface area contributed by atoms with Crippen molar-refractivity contribution in [3.63, 3.8) is 0 Å². The van der Waals surface area contributed by atoms with Gasteiger partial charge in [-0.3, -0.25) is 14.4 Å². The molecule has 0 aliphatic carbocycles. The highest BCUT2D eigenvalue weighted by Crippen LogP contribution is 2.10. The predicted molar refractivity (Wildman–Crippen MR) is 113 cm³/mol. The minimum atomic E-state index is -1.18. The number of aliphatic carboxylic acids is 1. The zero-order chi connectivity index (χ0) is 22.8. The maximum absolute atomic E-state index is 12.2. The van der Waals surface area contributed by atoms with E-state index in [1.54, 1.807) is 26.0 Å². The number of rotatable bonds is 11. The molecule has 0 saturated carbocycles. The van der Waals surface area contributed by atoms with E-state index in [1.165, 1.54) is 12.1 Å². The molecule has 10 nitrogen and oxygen atoms in total. The Morgan fingerprint density at radius 3 is 2.17 bits per heavy atom. The third-order valence-corrected chi connectivity index (χ3v) is 4.58. The van der Waals surface area contributed by atoms with E-state index in [2.05, 4.69) is 28.6 Å². The van der Waals surface area contributed by atoms with Crippen molar-refractivity contribution in [2.24, 2.45) is 11.7 Å². The number of nitrogens with two attached hydrogens (primary N) is 1. The molecule has 7 N–H and O–H groups in total. The first-order chi connectivity index (χ1) is 14.0. The molecule has 1 aromatic rings. The second kappa shape index (κ2) is 12.0.